The average Bonchev–Trinajstić information content (AvgIpc) is 2.81. The smallest absolute Gasteiger partial charge is 0.291 e. The largest absolute Gasteiger partial charge is 0.699 e. The van der Waals surface area contributed by atoms with Crippen LogP contribution in [0.3, 0.4) is 0 Å². The molecule has 0 atom stereocenters. The third-order valence-corrected chi connectivity index (χ3v) is 7.32. The van der Waals surface area contributed by atoms with Crippen molar-refractivity contribution in [2.75, 3.05) is 0 Å². The third kappa shape index (κ3) is 5.84. The zero-order valence-electron chi connectivity index (χ0n) is 18.7. The lowest BCUT2D eigenvalue weighted by Gasteiger charge is -2.26. The Balaban J connectivity index is 2.29. The number of hydrogen-bond donors (Lipinski definition) is 0. The lowest BCUT2D eigenvalue weighted by Crippen LogP contribution is -2.41. The fraction of sp³-hybridized carbons (Fsp3) is 0.417. The SMILES string of the molecule is CCC(CC)(O[P+](=O)OC(CC)(CC)C(=O)c1ccc(Cl)cc1)C(=O)c1ccc(Cl)cc1. The number of carbonyl (C=O) groups excluding carboxylic acids is 2. The maximum absolute atomic E-state index is 13.2. The van der Waals surface area contributed by atoms with Gasteiger partial charge in [0.2, 0.25) is 0 Å². The van der Waals surface area contributed by atoms with Gasteiger partial charge in [0, 0.05) is 25.7 Å². The summed E-state index contributed by atoms with van der Waals surface area (Å²) in [7, 11) is -2.78. The summed E-state index contributed by atoms with van der Waals surface area (Å²) in [5.41, 5.74) is -1.90. The van der Waals surface area contributed by atoms with Crippen molar-refractivity contribution in [2.24, 2.45) is 0 Å². The summed E-state index contributed by atoms with van der Waals surface area (Å²) in [6.45, 7) is 7.14. The number of halogens is 2. The number of Topliss-reactive ketones (excluding diaryl/α,β-unsaturated/α-hetero) is 2. The number of rotatable bonds is 12. The summed E-state index contributed by atoms with van der Waals surface area (Å²) in [5, 5.41) is 1.01. The maximum Gasteiger partial charge on any atom is 0.699 e. The zero-order chi connectivity index (χ0) is 23.9. The van der Waals surface area contributed by atoms with Gasteiger partial charge in [-0.3, -0.25) is 9.59 Å². The van der Waals surface area contributed by atoms with Crippen LogP contribution in [-0.2, 0) is 13.6 Å². The predicted molar refractivity (Wildman–Crippen MR) is 128 cm³/mol. The quantitative estimate of drug-likeness (QED) is 0.220. The van der Waals surface area contributed by atoms with Crippen LogP contribution in [-0.4, -0.2) is 22.8 Å². The molecule has 0 bridgehead atoms. The first kappa shape index (κ1) is 26.6. The van der Waals surface area contributed by atoms with Gasteiger partial charge < -0.3 is 0 Å². The molecule has 0 unspecified atom stereocenters. The van der Waals surface area contributed by atoms with Crippen molar-refractivity contribution >= 4 is 43.0 Å². The molecule has 0 aliphatic heterocycles. The molecule has 32 heavy (non-hydrogen) atoms. The van der Waals surface area contributed by atoms with Crippen molar-refractivity contribution in [1.29, 1.82) is 0 Å². The van der Waals surface area contributed by atoms with Crippen LogP contribution >= 0.6 is 31.5 Å². The fourth-order valence-corrected chi connectivity index (χ4v) is 5.06. The van der Waals surface area contributed by atoms with E-state index in [0.29, 0.717) is 21.2 Å². The van der Waals surface area contributed by atoms with E-state index in [2.05, 4.69) is 0 Å². The van der Waals surface area contributed by atoms with Crippen LogP contribution in [0.2, 0.25) is 10.0 Å². The molecule has 2 aromatic carbocycles. The first-order valence-corrected chi connectivity index (χ1v) is 12.5. The van der Waals surface area contributed by atoms with Crippen molar-refractivity contribution in [1.82, 2.24) is 0 Å². The summed E-state index contributed by atoms with van der Waals surface area (Å²) >= 11 is 11.9. The van der Waals surface area contributed by atoms with Gasteiger partial charge in [-0.05, 0) is 74.2 Å². The molecule has 0 aliphatic carbocycles. The highest BCUT2D eigenvalue weighted by Gasteiger charge is 2.51. The van der Waals surface area contributed by atoms with Crippen molar-refractivity contribution in [3.63, 3.8) is 0 Å². The molecule has 0 aliphatic rings. The summed E-state index contributed by atoms with van der Waals surface area (Å²) in [6.07, 6.45) is 1.13. The zero-order valence-corrected chi connectivity index (χ0v) is 21.1. The molecule has 0 fully saturated rings. The van der Waals surface area contributed by atoms with E-state index in [4.69, 9.17) is 32.2 Å². The Morgan fingerprint density at radius 3 is 1.22 bits per heavy atom. The van der Waals surface area contributed by atoms with Crippen molar-refractivity contribution in [2.45, 2.75) is 64.6 Å². The second-order valence-electron chi connectivity index (χ2n) is 7.48. The highest BCUT2D eigenvalue weighted by atomic mass is 35.5. The number of benzene rings is 2. The first-order valence-electron chi connectivity index (χ1n) is 10.6. The van der Waals surface area contributed by atoms with E-state index < -0.39 is 19.5 Å². The Bertz CT molecular complexity index is 872. The molecule has 8 heteroatoms. The van der Waals surface area contributed by atoms with Gasteiger partial charge in [0.25, 0.3) is 0 Å². The van der Waals surface area contributed by atoms with Crippen LogP contribution in [0, 0.1) is 0 Å². The Kier molecular flexibility index (Phi) is 9.56. The summed E-state index contributed by atoms with van der Waals surface area (Å²) in [4.78, 5) is 26.5. The second-order valence-corrected chi connectivity index (χ2v) is 9.17. The molecule has 0 N–H and O–H groups in total. The van der Waals surface area contributed by atoms with E-state index in [1.165, 1.54) is 0 Å². The molecule has 0 saturated heterocycles. The molecule has 172 valence electrons. The third-order valence-electron chi connectivity index (χ3n) is 5.82. The Hall–Kier alpha value is -1.62. The van der Waals surface area contributed by atoms with E-state index in [9.17, 15) is 14.2 Å². The Morgan fingerprint density at radius 1 is 0.688 bits per heavy atom. The summed E-state index contributed by atoms with van der Waals surface area (Å²) < 4.78 is 24.6. The average molecular weight is 498 g/mol. The normalized spacial score (nSPS) is 11.9. The summed E-state index contributed by atoms with van der Waals surface area (Å²) in [6, 6.07) is 12.9. The van der Waals surface area contributed by atoms with Crippen molar-refractivity contribution < 1.29 is 23.2 Å². The van der Waals surface area contributed by atoms with E-state index in [1.54, 1.807) is 76.2 Å². The van der Waals surface area contributed by atoms with E-state index in [-0.39, 0.29) is 37.2 Å². The van der Waals surface area contributed by atoms with Crippen LogP contribution in [0.25, 0.3) is 0 Å². The minimum atomic E-state index is -2.78. The molecule has 5 nitrogen and oxygen atoms in total. The molecule has 0 saturated carbocycles. The van der Waals surface area contributed by atoms with Crippen molar-refractivity contribution in [3.8, 4) is 0 Å². The molecule has 0 aromatic heterocycles. The van der Waals surface area contributed by atoms with E-state index >= 15 is 0 Å². The van der Waals surface area contributed by atoms with Gasteiger partial charge in [-0.1, -0.05) is 50.9 Å². The molecule has 0 heterocycles. The predicted octanol–water partition coefficient (Wildman–Crippen LogP) is 7.87. The van der Waals surface area contributed by atoms with Crippen LogP contribution in [0.4, 0.5) is 0 Å². The van der Waals surface area contributed by atoms with Crippen LogP contribution < -0.4 is 0 Å². The van der Waals surface area contributed by atoms with Gasteiger partial charge in [-0.15, -0.1) is 9.05 Å². The molecule has 2 aromatic rings. The lowest BCUT2D eigenvalue weighted by atomic mass is 9.88. The topological polar surface area (TPSA) is 69.7 Å². The lowest BCUT2D eigenvalue weighted by molar-refractivity contribution is 0.0104. The second kappa shape index (κ2) is 11.5. The molecule has 0 radical (unpaired) electrons. The molecular formula is C24H28Cl2O5P+. The Labute approximate surface area is 200 Å². The fourth-order valence-electron chi connectivity index (χ4n) is 3.52. The van der Waals surface area contributed by atoms with Crippen LogP contribution in [0.5, 0.6) is 0 Å². The van der Waals surface area contributed by atoms with Gasteiger partial charge in [0.1, 0.15) is 0 Å². The van der Waals surface area contributed by atoms with Crippen LogP contribution in [0.1, 0.15) is 74.1 Å². The van der Waals surface area contributed by atoms with Gasteiger partial charge in [-0.25, -0.2) is 0 Å². The van der Waals surface area contributed by atoms with Gasteiger partial charge >= 0.3 is 8.25 Å². The highest BCUT2D eigenvalue weighted by molar-refractivity contribution is 7.33. The first-order chi connectivity index (χ1) is 15.2. The molecule has 0 amide bonds. The number of ketones is 2. The summed E-state index contributed by atoms with van der Waals surface area (Å²) in [5.74, 6) is -0.623. The molecule has 2 rings (SSSR count). The maximum atomic E-state index is 13.2. The molecule has 0 spiro atoms. The number of hydrogen-bond acceptors (Lipinski definition) is 5. The van der Waals surface area contributed by atoms with Crippen LogP contribution in [0.15, 0.2) is 48.5 Å². The number of carbonyl (C=O) groups is 2. The monoisotopic (exact) mass is 497 g/mol. The Morgan fingerprint density at radius 2 is 0.969 bits per heavy atom. The highest BCUT2D eigenvalue weighted by Crippen LogP contribution is 2.43. The van der Waals surface area contributed by atoms with E-state index in [1.807, 2.05) is 0 Å². The van der Waals surface area contributed by atoms with Gasteiger partial charge in [-0.2, -0.15) is 0 Å². The molecular weight excluding hydrogens is 470 g/mol. The van der Waals surface area contributed by atoms with Gasteiger partial charge in [0.05, 0.1) is 0 Å². The van der Waals surface area contributed by atoms with E-state index in [0.717, 1.165) is 0 Å². The standard InChI is InChI=1S/C24H28Cl2O5P/c1-5-23(6-2,21(27)17-9-13-19(25)14-10-17)30-32(29)31-24(7-3,8-4)22(28)18-11-15-20(26)16-12-18/h9-16H,5-8H2,1-4H3/q+1. The van der Waals surface area contributed by atoms with Crippen molar-refractivity contribution in [3.05, 3.63) is 69.7 Å². The van der Waals surface area contributed by atoms with Gasteiger partial charge in [0.15, 0.2) is 22.8 Å². The minimum absolute atomic E-state index is 0.284. The minimum Gasteiger partial charge on any atom is -0.291 e.